The van der Waals surface area contributed by atoms with Gasteiger partial charge in [-0.25, -0.2) is 0 Å². The summed E-state index contributed by atoms with van der Waals surface area (Å²) in [4.78, 5) is 23.4. The Morgan fingerprint density at radius 3 is 2.50 bits per heavy atom. The van der Waals surface area contributed by atoms with E-state index in [0.717, 1.165) is 11.1 Å². The van der Waals surface area contributed by atoms with Crippen molar-refractivity contribution in [3.8, 4) is 0 Å². The number of benzene rings is 1. The molecule has 2 aromatic rings. The summed E-state index contributed by atoms with van der Waals surface area (Å²) in [6.07, 6.45) is 1.76. The number of hydrogen-bond donors (Lipinski definition) is 2. The van der Waals surface area contributed by atoms with Crippen molar-refractivity contribution in [2.45, 2.75) is 19.1 Å². The number of pyridine rings is 1. The zero-order valence-corrected chi connectivity index (χ0v) is 14.3. The van der Waals surface area contributed by atoms with Gasteiger partial charge in [0.2, 0.25) is 5.91 Å². The van der Waals surface area contributed by atoms with E-state index >= 15 is 0 Å². The summed E-state index contributed by atoms with van der Waals surface area (Å²) in [7, 11) is 1.50. The summed E-state index contributed by atoms with van der Waals surface area (Å²) in [6, 6.07) is 12.1. The highest BCUT2D eigenvalue weighted by atomic mass is 35.5. The van der Waals surface area contributed by atoms with Crippen LogP contribution in [0.3, 0.4) is 0 Å². The van der Waals surface area contributed by atoms with E-state index in [1.165, 1.54) is 13.2 Å². The third-order valence-electron chi connectivity index (χ3n) is 3.42. The van der Waals surface area contributed by atoms with E-state index in [2.05, 4.69) is 5.32 Å². The van der Waals surface area contributed by atoms with Crippen LogP contribution in [0.15, 0.2) is 53.5 Å². The quantitative estimate of drug-likeness (QED) is 0.776. The SMILES string of the molecule is COCC(N)C(=O)NCc1ccc(Cn2ccccc2=O)cc1.Cl. The van der Waals surface area contributed by atoms with Crippen LogP contribution in [0.2, 0.25) is 0 Å². The van der Waals surface area contributed by atoms with Crippen LogP contribution in [-0.4, -0.2) is 30.2 Å². The van der Waals surface area contributed by atoms with Crippen molar-refractivity contribution in [2.24, 2.45) is 5.73 Å². The number of nitrogens with two attached hydrogens (primary N) is 1. The lowest BCUT2D eigenvalue weighted by Crippen LogP contribution is -2.43. The minimum Gasteiger partial charge on any atom is -0.383 e. The number of carbonyl (C=O) groups is 1. The average molecular weight is 352 g/mol. The van der Waals surface area contributed by atoms with Crippen molar-refractivity contribution in [1.82, 2.24) is 9.88 Å². The first-order chi connectivity index (χ1) is 11.1. The number of rotatable bonds is 7. The highest BCUT2D eigenvalue weighted by Gasteiger charge is 2.12. The van der Waals surface area contributed by atoms with Gasteiger partial charge in [-0.3, -0.25) is 9.59 Å². The summed E-state index contributed by atoms with van der Waals surface area (Å²) in [5, 5.41) is 2.76. The number of ether oxygens (including phenoxy) is 1. The summed E-state index contributed by atoms with van der Waals surface area (Å²) < 4.78 is 6.48. The van der Waals surface area contributed by atoms with Crippen molar-refractivity contribution in [3.63, 3.8) is 0 Å². The van der Waals surface area contributed by atoms with Crippen LogP contribution < -0.4 is 16.6 Å². The molecule has 1 aromatic heterocycles. The van der Waals surface area contributed by atoms with E-state index in [-0.39, 0.29) is 30.5 Å². The molecule has 0 aliphatic carbocycles. The van der Waals surface area contributed by atoms with Crippen LogP contribution in [0.25, 0.3) is 0 Å². The lowest BCUT2D eigenvalue weighted by atomic mass is 10.1. The van der Waals surface area contributed by atoms with Gasteiger partial charge in [-0.2, -0.15) is 0 Å². The molecule has 1 aromatic carbocycles. The molecular formula is C17H22ClN3O3. The third kappa shape index (κ3) is 5.81. The second-order valence-corrected chi connectivity index (χ2v) is 5.26. The third-order valence-corrected chi connectivity index (χ3v) is 3.42. The van der Waals surface area contributed by atoms with Gasteiger partial charge in [0.1, 0.15) is 6.04 Å². The molecule has 2 rings (SSSR count). The van der Waals surface area contributed by atoms with Gasteiger partial charge in [0.15, 0.2) is 0 Å². The Bertz CT molecular complexity index is 701. The van der Waals surface area contributed by atoms with Gasteiger partial charge in [0.25, 0.3) is 5.56 Å². The standard InChI is InChI=1S/C17H21N3O3.ClH/c1-23-12-15(18)17(22)19-10-13-5-7-14(8-6-13)11-20-9-3-2-4-16(20)21;/h2-9,15H,10-12,18H2,1H3,(H,19,22);1H. The van der Waals surface area contributed by atoms with Gasteiger partial charge in [0, 0.05) is 25.9 Å². The molecule has 0 bridgehead atoms. The molecule has 1 unspecified atom stereocenters. The number of methoxy groups -OCH3 is 1. The summed E-state index contributed by atoms with van der Waals surface area (Å²) >= 11 is 0. The second kappa shape index (κ2) is 9.87. The molecule has 3 N–H and O–H groups in total. The molecule has 0 aliphatic heterocycles. The summed E-state index contributed by atoms with van der Waals surface area (Å²) in [5.74, 6) is -0.244. The predicted molar refractivity (Wildman–Crippen MR) is 95.2 cm³/mol. The Balaban J connectivity index is 0.00000288. The number of nitrogens with zero attached hydrogens (tertiary/aromatic N) is 1. The molecule has 1 atom stereocenters. The first kappa shape index (κ1) is 19.9. The molecule has 24 heavy (non-hydrogen) atoms. The van der Waals surface area contributed by atoms with Crippen molar-refractivity contribution < 1.29 is 9.53 Å². The van der Waals surface area contributed by atoms with Gasteiger partial charge >= 0.3 is 0 Å². The zero-order chi connectivity index (χ0) is 16.7. The molecule has 1 amide bonds. The molecule has 0 saturated carbocycles. The van der Waals surface area contributed by atoms with Crippen LogP contribution in [-0.2, 0) is 22.6 Å². The predicted octanol–water partition coefficient (Wildman–Crippen LogP) is 0.908. The number of amides is 1. The largest absolute Gasteiger partial charge is 0.383 e. The fraction of sp³-hybridized carbons (Fsp3) is 0.294. The van der Waals surface area contributed by atoms with Gasteiger partial charge in [-0.05, 0) is 17.2 Å². The monoisotopic (exact) mass is 351 g/mol. The van der Waals surface area contributed by atoms with E-state index in [1.54, 1.807) is 16.8 Å². The molecule has 0 spiro atoms. The molecule has 0 saturated heterocycles. The number of nitrogens with one attached hydrogen (secondary N) is 1. The Kier molecular flexibility index (Phi) is 8.18. The molecule has 0 radical (unpaired) electrons. The molecule has 130 valence electrons. The van der Waals surface area contributed by atoms with Gasteiger partial charge in [-0.1, -0.05) is 30.3 Å². The topological polar surface area (TPSA) is 86.3 Å². The van der Waals surface area contributed by atoms with Gasteiger partial charge in [0.05, 0.1) is 13.2 Å². The van der Waals surface area contributed by atoms with Crippen LogP contribution >= 0.6 is 12.4 Å². The molecule has 1 heterocycles. The van der Waals surface area contributed by atoms with Crippen molar-refractivity contribution in [3.05, 3.63) is 70.1 Å². The normalized spacial score (nSPS) is 11.4. The van der Waals surface area contributed by atoms with E-state index in [1.807, 2.05) is 30.3 Å². The van der Waals surface area contributed by atoms with E-state index in [9.17, 15) is 9.59 Å². The molecule has 0 aliphatic rings. The van der Waals surface area contributed by atoms with Gasteiger partial charge < -0.3 is 20.4 Å². The highest BCUT2D eigenvalue weighted by Crippen LogP contribution is 2.05. The first-order valence-corrected chi connectivity index (χ1v) is 7.35. The Morgan fingerprint density at radius 2 is 1.88 bits per heavy atom. The fourth-order valence-electron chi connectivity index (χ4n) is 2.13. The summed E-state index contributed by atoms with van der Waals surface area (Å²) in [6.45, 7) is 1.11. The molecule has 0 fully saturated rings. The lowest BCUT2D eigenvalue weighted by Gasteiger charge is -2.11. The van der Waals surface area contributed by atoms with E-state index < -0.39 is 6.04 Å². The smallest absolute Gasteiger partial charge is 0.250 e. The molecule has 7 heteroatoms. The number of hydrogen-bond acceptors (Lipinski definition) is 4. The maximum Gasteiger partial charge on any atom is 0.250 e. The minimum atomic E-state index is -0.663. The first-order valence-electron chi connectivity index (χ1n) is 7.35. The Hall–Kier alpha value is -2.15. The molecule has 6 nitrogen and oxygen atoms in total. The number of carbonyl (C=O) groups excluding carboxylic acids is 1. The van der Waals surface area contributed by atoms with Crippen molar-refractivity contribution in [2.75, 3.05) is 13.7 Å². The number of halogens is 1. The van der Waals surface area contributed by atoms with E-state index in [4.69, 9.17) is 10.5 Å². The van der Waals surface area contributed by atoms with Crippen molar-refractivity contribution in [1.29, 1.82) is 0 Å². The van der Waals surface area contributed by atoms with Crippen LogP contribution in [0.5, 0.6) is 0 Å². The highest BCUT2D eigenvalue weighted by molar-refractivity contribution is 5.85. The van der Waals surface area contributed by atoms with Crippen LogP contribution in [0.4, 0.5) is 0 Å². The Morgan fingerprint density at radius 1 is 1.21 bits per heavy atom. The zero-order valence-electron chi connectivity index (χ0n) is 13.5. The molecular weight excluding hydrogens is 330 g/mol. The maximum absolute atomic E-state index is 11.7. The van der Waals surface area contributed by atoms with E-state index in [0.29, 0.717) is 13.1 Å². The average Bonchev–Trinajstić information content (AvgIpc) is 2.56. The second-order valence-electron chi connectivity index (χ2n) is 5.26. The Labute approximate surface area is 147 Å². The minimum absolute atomic E-state index is 0. The maximum atomic E-state index is 11.7. The lowest BCUT2D eigenvalue weighted by molar-refractivity contribution is -0.123. The van der Waals surface area contributed by atoms with Crippen LogP contribution in [0, 0.1) is 0 Å². The van der Waals surface area contributed by atoms with Crippen LogP contribution in [0.1, 0.15) is 11.1 Å². The van der Waals surface area contributed by atoms with Crippen molar-refractivity contribution >= 4 is 18.3 Å². The number of aromatic nitrogens is 1. The summed E-state index contributed by atoms with van der Waals surface area (Å²) in [5.41, 5.74) is 7.60. The fourth-order valence-corrected chi connectivity index (χ4v) is 2.13. The van der Waals surface area contributed by atoms with Gasteiger partial charge in [-0.15, -0.1) is 12.4 Å².